The molecule has 2 aliphatic carbocycles. The van der Waals surface area contributed by atoms with E-state index in [-0.39, 0.29) is 23.6 Å². The van der Waals surface area contributed by atoms with Gasteiger partial charge in [-0.2, -0.15) is 0 Å². The number of Topliss-reactive ketones (excluding diaryl/α,β-unsaturated/α-hetero) is 1. The Bertz CT molecular complexity index is 730. The summed E-state index contributed by atoms with van der Waals surface area (Å²) in [6.07, 6.45) is 6.99. The number of rotatable bonds is 6. The molecule has 0 aromatic heterocycles. The summed E-state index contributed by atoms with van der Waals surface area (Å²) in [5.41, 5.74) is 5.74. The zero-order valence-corrected chi connectivity index (χ0v) is 15.4. The highest BCUT2D eigenvalue weighted by Gasteiger charge is 2.26. The molecule has 3 heteroatoms. The second-order valence-electron chi connectivity index (χ2n) is 7.65. The first-order valence-corrected chi connectivity index (χ1v) is 9.21. The molecule has 134 valence electrons. The van der Waals surface area contributed by atoms with Gasteiger partial charge in [0.2, 0.25) is 0 Å². The molecule has 0 N–H and O–H groups in total. The fourth-order valence-electron chi connectivity index (χ4n) is 3.82. The minimum absolute atomic E-state index is 0.135. The molecule has 0 aliphatic heterocycles. The van der Waals surface area contributed by atoms with Crippen LogP contribution >= 0.6 is 0 Å². The van der Waals surface area contributed by atoms with Gasteiger partial charge in [-0.25, -0.2) is 4.39 Å². The van der Waals surface area contributed by atoms with Crippen molar-refractivity contribution >= 4 is 11.4 Å². The number of carbonyl (C=O) groups is 1. The average Bonchev–Trinajstić information content (AvgIpc) is 2.98. The normalized spacial score (nSPS) is 21.1. The van der Waals surface area contributed by atoms with Gasteiger partial charge in [-0.15, -0.1) is 0 Å². The van der Waals surface area contributed by atoms with Crippen LogP contribution in [-0.2, 0) is 9.53 Å². The third-order valence-electron chi connectivity index (χ3n) is 5.21. The third kappa shape index (κ3) is 4.46. The Labute approximate surface area is 149 Å². The molecule has 25 heavy (non-hydrogen) atoms. The number of halogens is 1. The summed E-state index contributed by atoms with van der Waals surface area (Å²) in [7, 11) is 0. The van der Waals surface area contributed by atoms with Crippen molar-refractivity contribution in [2.75, 3.05) is 6.61 Å². The third-order valence-corrected chi connectivity index (χ3v) is 5.21. The maximum atomic E-state index is 13.8. The highest BCUT2D eigenvalue weighted by atomic mass is 19.1. The van der Waals surface area contributed by atoms with Crippen LogP contribution < -0.4 is 0 Å². The molecular weight excluding hydrogens is 315 g/mol. The molecule has 2 atom stereocenters. The van der Waals surface area contributed by atoms with Crippen molar-refractivity contribution in [3.05, 3.63) is 52.4 Å². The average molecular weight is 342 g/mol. The summed E-state index contributed by atoms with van der Waals surface area (Å²) in [5, 5.41) is 0. The summed E-state index contributed by atoms with van der Waals surface area (Å²) in [6, 6.07) is 5.52. The molecule has 0 amide bonds. The van der Waals surface area contributed by atoms with E-state index in [1.54, 1.807) is 19.9 Å². The zero-order valence-electron chi connectivity index (χ0n) is 15.4. The van der Waals surface area contributed by atoms with E-state index in [1.165, 1.54) is 16.7 Å². The van der Waals surface area contributed by atoms with Crippen molar-refractivity contribution < 1.29 is 13.9 Å². The summed E-state index contributed by atoms with van der Waals surface area (Å²) < 4.78 is 19.9. The van der Waals surface area contributed by atoms with Crippen LogP contribution in [0.25, 0.3) is 5.57 Å². The van der Waals surface area contributed by atoms with E-state index in [0.29, 0.717) is 18.6 Å². The molecule has 0 heterocycles. The van der Waals surface area contributed by atoms with Crippen molar-refractivity contribution in [1.29, 1.82) is 0 Å². The summed E-state index contributed by atoms with van der Waals surface area (Å²) in [4.78, 5) is 11.2. The number of hydrogen-bond donors (Lipinski definition) is 0. The van der Waals surface area contributed by atoms with Gasteiger partial charge in [0.15, 0.2) is 0 Å². The molecule has 0 spiro atoms. The highest BCUT2D eigenvalue weighted by molar-refractivity contribution is 5.75. The van der Waals surface area contributed by atoms with E-state index in [1.807, 2.05) is 12.1 Å². The van der Waals surface area contributed by atoms with Crippen LogP contribution in [0.2, 0.25) is 0 Å². The Morgan fingerprint density at radius 2 is 2.20 bits per heavy atom. The largest absolute Gasteiger partial charge is 0.378 e. The van der Waals surface area contributed by atoms with Gasteiger partial charge in [0, 0.05) is 13.0 Å². The number of ether oxygens (including phenoxy) is 1. The van der Waals surface area contributed by atoms with Crippen LogP contribution in [0.1, 0.15) is 57.1 Å². The van der Waals surface area contributed by atoms with Gasteiger partial charge in [0.1, 0.15) is 11.6 Å². The molecule has 0 fully saturated rings. The minimum atomic E-state index is -0.135. The first-order chi connectivity index (χ1) is 11.9. The smallest absolute Gasteiger partial charge is 0.130 e. The predicted octanol–water partition coefficient (Wildman–Crippen LogP) is 5.40. The van der Waals surface area contributed by atoms with Crippen molar-refractivity contribution in [1.82, 2.24) is 0 Å². The number of hydrogen-bond acceptors (Lipinski definition) is 2. The molecule has 1 aromatic carbocycles. The van der Waals surface area contributed by atoms with Gasteiger partial charge in [-0.1, -0.05) is 30.7 Å². The zero-order chi connectivity index (χ0) is 18.0. The maximum Gasteiger partial charge on any atom is 0.130 e. The van der Waals surface area contributed by atoms with Crippen LogP contribution in [0.4, 0.5) is 4.39 Å². The molecule has 3 rings (SSSR count). The fraction of sp³-hybridized carbons (Fsp3) is 0.500. The van der Waals surface area contributed by atoms with Gasteiger partial charge in [0.25, 0.3) is 0 Å². The van der Waals surface area contributed by atoms with Crippen LogP contribution in [-0.4, -0.2) is 18.5 Å². The molecule has 0 bridgehead atoms. The molecular formula is C22H27FO2. The van der Waals surface area contributed by atoms with Crippen LogP contribution in [0.15, 0.2) is 35.4 Å². The predicted molar refractivity (Wildman–Crippen MR) is 98.8 cm³/mol. The number of allylic oxidation sites excluding steroid dienone is 3. The summed E-state index contributed by atoms with van der Waals surface area (Å²) in [6.45, 7) is 6.14. The lowest BCUT2D eigenvalue weighted by atomic mass is 9.91. The highest BCUT2D eigenvalue weighted by Crippen LogP contribution is 2.41. The SMILES string of the molecule is CC(=O)CC(C)COC1CCC2=C(CC(c3ccc(C)c(F)c3)=C2)C1. The van der Waals surface area contributed by atoms with E-state index in [4.69, 9.17) is 4.74 Å². The van der Waals surface area contributed by atoms with Crippen LogP contribution in [0.5, 0.6) is 0 Å². The molecule has 0 saturated carbocycles. The van der Waals surface area contributed by atoms with E-state index < -0.39 is 0 Å². The van der Waals surface area contributed by atoms with Crippen molar-refractivity contribution in [3.63, 3.8) is 0 Å². The lowest BCUT2D eigenvalue weighted by Gasteiger charge is -2.25. The number of ketones is 1. The monoisotopic (exact) mass is 342 g/mol. The topological polar surface area (TPSA) is 26.3 Å². The lowest BCUT2D eigenvalue weighted by Crippen LogP contribution is -2.21. The molecule has 1 aromatic rings. The first-order valence-electron chi connectivity index (χ1n) is 9.21. The Hall–Kier alpha value is -1.74. The van der Waals surface area contributed by atoms with Gasteiger partial charge in [-0.3, -0.25) is 0 Å². The van der Waals surface area contributed by atoms with Gasteiger partial charge in [-0.05, 0) is 73.8 Å². The van der Waals surface area contributed by atoms with E-state index in [9.17, 15) is 9.18 Å². The van der Waals surface area contributed by atoms with E-state index in [0.717, 1.165) is 31.2 Å². The summed E-state index contributed by atoms with van der Waals surface area (Å²) in [5.74, 6) is 0.365. The van der Waals surface area contributed by atoms with Gasteiger partial charge in [0.05, 0.1) is 6.10 Å². The Morgan fingerprint density at radius 3 is 2.92 bits per heavy atom. The minimum Gasteiger partial charge on any atom is -0.378 e. The first kappa shape index (κ1) is 18.1. The lowest BCUT2D eigenvalue weighted by molar-refractivity contribution is -0.118. The second kappa shape index (κ2) is 7.65. The van der Waals surface area contributed by atoms with Gasteiger partial charge >= 0.3 is 0 Å². The van der Waals surface area contributed by atoms with Gasteiger partial charge < -0.3 is 9.53 Å². The molecule has 0 saturated heterocycles. The molecule has 2 unspecified atom stereocenters. The van der Waals surface area contributed by atoms with Crippen molar-refractivity contribution in [2.24, 2.45) is 5.92 Å². The standard InChI is InChI=1S/C22H27FO2/c1-14(8-16(3)24)13-25-21-7-6-17-9-19(10-20(17)11-21)18-5-4-15(2)22(23)12-18/h4-5,9,12,14,21H,6-8,10-11,13H2,1-3H3. The number of carbonyl (C=O) groups excluding carboxylic acids is 1. The van der Waals surface area contributed by atoms with Crippen molar-refractivity contribution in [3.8, 4) is 0 Å². The van der Waals surface area contributed by atoms with Crippen LogP contribution in [0.3, 0.4) is 0 Å². The molecule has 0 radical (unpaired) electrons. The summed E-state index contributed by atoms with van der Waals surface area (Å²) >= 11 is 0. The second-order valence-corrected chi connectivity index (χ2v) is 7.65. The number of aryl methyl sites for hydroxylation is 1. The Kier molecular flexibility index (Phi) is 5.53. The quantitative estimate of drug-likeness (QED) is 0.691. The van der Waals surface area contributed by atoms with E-state index >= 15 is 0 Å². The van der Waals surface area contributed by atoms with Crippen LogP contribution in [0, 0.1) is 18.7 Å². The number of benzene rings is 1. The Morgan fingerprint density at radius 1 is 1.40 bits per heavy atom. The van der Waals surface area contributed by atoms with Crippen molar-refractivity contribution in [2.45, 2.75) is 59.0 Å². The van der Waals surface area contributed by atoms with E-state index in [2.05, 4.69) is 13.0 Å². The molecule has 2 nitrogen and oxygen atoms in total. The Balaban J connectivity index is 1.56. The maximum absolute atomic E-state index is 13.8. The fourth-order valence-corrected chi connectivity index (χ4v) is 3.82. The molecule has 2 aliphatic rings.